The molecule has 3 aromatic rings. The second-order valence-electron chi connectivity index (χ2n) is 12.3. The number of hydrogen-bond acceptors (Lipinski definition) is 7. The summed E-state index contributed by atoms with van der Waals surface area (Å²) < 4.78 is 14.8. The van der Waals surface area contributed by atoms with Gasteiger partial charge in [0.1, 0.15) is 11.4 Å². The minimum absolute atomic E-state index is 0.0112. The van der Waals surface area contributed by atoms with Gasteiger partial charge in [-0.2, -0.15) is 0 Å². The van der Waals surface area contributed by atoms with E-state index in [0.29, 0.717) is 58.5 Å². The number of likely N-dealkylation sites (tertiary alicyclic amines) is 1. The van der Waals surface area contributed by atoms with E-state index in [4.69, 9.17) is 9.47 Å². The van der Waals surface area contributed by atoms with Crippen LogP contribution in [0.25, 0.3) is 0 Å². The van der Waals surface area contributed by atoms with E-state index in [9.17, 15) is 19.2 Å². The number of amides is 4. The Labute approximate surface area is 273 Å². The van der Waals surface area contributed by atoms with Gasteiger partial charge >= 0.3 is 0 Å². The van der Waals surface area contributed by atoms with Crippen LogP contribution in [0.4, 0.5) is 17.1 Å². The molecule has 1 aromatic carbocycles. The van der Waals surface area contributed by atoms with Crippen LogP contribution in [0, 0.1) is 0 Å². The van der Waals surface area contributed by atoms with Gasteiger partial charge in [-0.1, -0.05) is 0 Å². The van der Waals surface area contributed by atoms with Crippen molar-refractivity contribution >= 4 is 46.9 Å². The number of methoxy groups -OCH3 is 1. The number of nitrogens with one attached hydrogen (secondary N) is 2. The summed E-state index contributed by atoms with van der Waals surface area (Å²) in [6.45, 7) is 2.46. The van der Waals surface area contributed by atoms with E-state index in [1.807, 2.05) is 16.0 Å². The highest BCUT2D eigenvalue weighted by Crippen LogP contribution is 2.38. The summed E-state index contributed by atoms with van der Waals surface area (Å²) in [4.78, 5) is 60.1. The standard InChI is InChI=1S/C34H41N7O6/c1-38-20-22(15-27(38)32(43)37-23-16-28(39(2)21-23)34(45)40-11-5-4-6-12-40)36-31(42)10-8-14-47-30-18-26-25(17-29(30)46-3)33(44)41-13-7-9-24(41)19-35-26/h15-21,24H,4-14H2,1-3H3,(H,36,42)(H,37,43)/t24-/m0/s1. The van der Waals surface area contributed by atoms with Crippen molar-refractivity contribution in [2.75, 3.05) is 44.0 Å². The van der Waals surface area contributed by atoms with Gasteiger partial charge in [0.2, 0.25) is 5.91 Å². The molecular weight excluding hydrogens is 602 g/mol. The molecule has 13 heteroatoms. The SMILES string of the molecule is COc1cc2c(cc1OCCCC(=O)Nc1cc(C(=O)Nc3cc(C(=O)N4CCCCC4)n(C)c3)n(C)c1)N=C[C@@H]1CCCN1C2=O. The Morgan fingerprint density at radius 1 is 0.894 bits per heavy atom. The van der Waals surface area contributed by atoms with Crippen LogP contribution >= 0.6 is 0 Å². The zero-order valence-corrected chi connectivity index (χ0v) is 27.1. The van der Waals surface area contributed by atoms with Crippen molar-refractivity contribution in [3.63, 3.8) is 0 Å². The third kappa shape index (κ3) is 6.88. The third-order valence-corrected chi connectivity index (χ3v) is 8.91. The molecule has 0 bridgehead atoms. The van der Waals surface area contributed by atoms with Crippen LogP contribution in [0.3, 0.4) is 0 Å². The van der Waals surface area contributed by atoms with Gasteiger partial charge in [-0.25, -0.2) is 0 Å². The molecule has 2 fully saturated rings. The predicted molar refractivity (Wildman–Crippen MR) is 177 cm³/mol. The predicted octanol–water partition coefficient (Wildman–Crippen LogP) is 4.37. The molecule has 2 aromatic heterocycles. The maximum absolute atomic E-state index is 13.1. The molecule has 4 amide bonds. The first-order chi connectivity index (χ1) is 22.7. The number of aromatic nitrogens is 2. The van der Waals surface area contributed by atoms with Crippen LogP contribution < -0.4 is 20.1 Å². The fraction of sp³-hybridized carbons (Fsp3) is 0.441. The van der Waals surface area contributed by atoms with E-state index in [2.05, 4.69) is 15.6 Å². The molecule has 0 spiro atoms. The van der Waals surface area contributed by atoms with Crippen LogP contribution in [-0.4, -0.2) is 88.2 Å². The van der Waals surface area contributed by atoms with Gasteiger partial charge in [0, 0.05) is 64.8 Å². The number of anilines is 2. The minimum Gasteiger partial charge on any atom is -0.493 e. The number of rotatable bonds is 10. The van der Waals surface area contributed by atoms with Crippen LogP contribution in [0.15, 0.2) is 41.7 Å². The molecule has 47 heavy (non-hydrogen) atoms. The lowest BCUT2D eigenvalue weighted by atomic mass is 10.1. The Bertz CT molecular complexity index is 1720. The van der Waals surface area contributed by atoms with Crippen LogP contribution in [0.1, 0.15) is 76.3 Å². The van der Waals surface area contributed by atoms with Gasteiger partial charge < -0.3 is 39.0 Å². The van der Waals surface area contributed by atoms with Gasteiger partial charge in [-0.3, -0.25) is 24.2 Å². The molecule has 0 radical (unpaired) electrons. The summed E-state index contributed by atoms with van der Waals surface area (Å²) in [6, 6.07) is 6.70. The summed E-state index contributed by atoms with van der Waals surface area (Å²) in [7, 11) is 5.04. The highest BCUT2D eigenvalue weighted by atomic mass is 16.5. The largest absolute Gasteiger partial charge is 0.493 e. The number of carbonyl (C=O) groups excluding carboxylic acids is 4. The fourth-order valence-corrected chi connectivity index (χ4v) is 6.42. The quantitative estimate of drug-likeness (QED) is 0.315. The highest BCUT2D eigenvalue weighted by Gasteiger charge is 2.32. The average Bonchev–Trinajstić information content (AvgIpc) is 3.77. The summed E-state index contributed by atoms with van der Waals surface area (Å²) in [5, 5.41) is 5.71. The van der Waals surface area contributed by atoms with Crippen molar-refractivity contribution in [2.45, 2.75) is 51.0 Å². The summed E-state index contributed by atoms with van der Waals surface area (Å²) in [6.07, 6.45) is 10.8. The number of piperidine rings is 1. The average molecular weight is 644 g/mol. The molecule has 0 unspecified atom stereocenters. The number of benzene rings is 1. The number of nitrogens with zero attached hydrogens (tertiary/aromatic N) is 5. The number of fused-ring (bicyclic) bond motifs is 2. The zero-order chi connectivity index (χ0) is 33.1. The fourth-order valence-electron chi connectivity index (χ4n) is 6.42. The second kappa shape index (κ2) is 13.7. The van der Waals surface area contributed by atoms with E-state index in [1.54, 1.807) is 59.9 Å². The first kappa shape index (κ1) is 31.9. The van der Waals surface area contributed by atoms with E-state index in [1.165, 1.54) is 7.11 Å². The second-order valence-corrected chi connectivity index (χ2v) is 12.3. The molecule has 0 saturated carbocycles. The molecule has 2 saturated heterocycles. The maximum atomic E-state index is 13.1. The van der Waals surface area contributed by atoms with E-state index >= 15 is 0 Å². The number of aryl methyl sites for hydroxylation is 2. The molecule has 248 valence electrons. The van der Waals surface area contributed by atoms with Crippen molar-refractivity contribution in [2.24, 2.45) is 19.1 Å². The number of ether oxygens (including phenoxy) is 2. The van der Waals surface area contributed by atoms with Crippen molar-refractivity contribution in [1.82, 2.24) is 18.9 Å². The molecule has 3 aliphatic rings. The molecule has 5 heterocycles. The Kier molecular flexibility index (Phi) is 9.32. The summed E-state index contributed by atoms with van der Waals surface area (Å²) >= 11 is 0. The van der Waals surface area contributed by atoms with E-state index < -0.39 is 0 Å². The van der Waals surface area contributed by atoms with Gasteiger partial charge in [0.15, 0.2) is 11.5 Å². The monoisotopic (exact) mass is 643 g/mol. The lowest BCUT2D eigenvalue weighted by Gasteiger charge is -2.26. The van der Waals surface area contributed by atoms with E-state index in [-0.39, 0.29) is 42.7 Å². The van der Waals surface area contributed by atoms with Crippen molar-refractivity contribution in [3.05, 3.63) is 53.6 Å². The van der Waals surface area contributed by atoms with Crippen molar-refractivity contribution < 1.29 is 28.7 Å². The van der Waals surface area contributed by atoms with Gasteiger partial charge in [-0.05, 0) is 56.7 Å². The molecular formula is C34H41N7O6. The molecule has 2 N–H and O–H groups in total. The number of aliphatic imine (C=N–C) groups is 1. The van der Waals surface area contributed by atoms with Crippen LogP contribution in [0.5, 0.6) is 11.5 Å². The van der Waals surface area contributed by atoms with Gasteiger partial charge in [-0.15, -0.1) is 0 Å². The number of hydrogen-bond donors (Lipinski definition) is 2. The van der Waals surface area contributed by atoms with Gasteiger partial charge in [0.05, 0.1) is 42.4 Å². The first-order valence-corrected chi connectivity index (χ1v) is 16.1. The van der Waals surface area contributed by atoms with Crippen molar-refractivity contribution in [3.8, 4) is 11.5 Å². The maximum Gasteiger partial charge on any atom is 0.272 e. The zero-order valence-electron chi connectivity index (χ0n) is 27.1. The Balaban J connectivity index is 1.00. The smallest absolute Gasteiger partial charge is 0.272 e. The lowest BCUT2D eigenvalue weighted by Crippen LogP contribution is -2.36. The Morgan fingerprint density at radius 2 is 1.62 bits per heavy atom. The molecule has 3 aliphatic heterocycles. The van der Waals surface area contributed by atoms with Crippen LogP contribution in [-0.2, 0) is 18.9 Å². The summed E-state index contributed by atoms with van der Waals surface area (Å²) in [5.41, 5.74) is 2.92. The van der Waals surface area contributed by atoms with Crippen LogP contribution in [0.2, 0.25) is 0 Å². The topological polar surface area (TPSA) is 139 Å². The van der Waals surface area contributed by atoms with E-state index in [0.717, 1.165) is 45.2 Å². The molecule has 1 atom stereocenters. The molecule has 13 nitrogen and oxygen atoms in total. The molecule has 0 aliphatic carbocycles. The van der Waals surface area contributed by atoms with Crippen molar-refractivity contribution in [1.29, 1.82) is 0 Å². The van der Waals surface area contributed by atoms with Gasteiger partial charge in [0.25, 0.3) is 17.7 Å². The Morgan fingerprint density at radius 3 is 2.38 bits per heavy atom. The minimum atomic E-state index is -0.356. The normalized spacial score (nSPS) is 17.2. The third-order valence-electron chi connectivity index (χ3n) is 8.91. The first-order valence-electron chi connectivity index (χ1n) is 16.1. The lowest BCUT2D eigenvalue weighted by molar-refractivity contribution is -0.116. The summed E-state index contributed by atoms with van der Waals surface area (Å²) in [5.74, 6) is 0.218. The Hall–Kier alpha value is -5.07. The highest BCUT2D eigenvalue weighted by molar-refractivity contribution is 6.06. The number of carbonyl (C=O) groups is 4. The molecule has 6 rings (SSSR count).